The summed E-state index contributed by atoms with van der Waals surface area (Å²) >= 11 is 0. The quantitative estimate of drug-likeness (QED) is 0.370. The number of carbonyl (C=O) groups is 4. The van der Waals surface area contributed by atoms with E-state index in [0.29, 0.717) is 0 Å². The number of hydrogen-bond donors (Lipinski definition) is 4. The number of carboxylic acid groups (broad SMARTS) is 4. The van der Waals surface area contributed by atoms with Crippen molar-refractivity contribution in [2.24, 2.45) is 0 Å². The average Bonchev–Trinajstić information content (AvgIpc) is 2.66. The third kappa shape index (κ3) is 8.98. The van der Waals surface area contributed by atoms with Gasteiger partial charge in [0.25, 0.3) is 0 Å². The first kappa shape index (κ1) is 25.7. The maximum atomic E-state index is 11.3. The highest BCUT2D eigenvalue weighted by Crippen LogP contribution is 2.08. The first-order chi connectivity index (χ1) is 14.3. The molecule has 4 atom stereocenters. The van der Waals surface area contributed by atoms with Crippen LogP contribution in [0.3, 0.4) is 0 Å². The van der Waals surface area contributed by atoms with Crippen molar-refractivity contribution in [1.29, 1.82) is 0 Å². The summed E-state index contributed by atoms with van der Waals surface area (Å²) < 4.78 is 30.3. The minimum absolute atomic E-state index is 0.167. The largest absolute Gasteiger partial charge is 0.479 e. The molecule has 1 heterocycles. The highest BCUT2D eigenvalue weighted by Gasteiger charge is 2.37. The standard InChI is InChI=1S/C16H24O14/c17-13(18)9-10(14(19)20)29-7-3-26-4-8-30-12(16(23)24)11(15(21)22)28-6-2-25-1-5-27-9/h9-12H,1-8H2,(H,17,18)(H,19,20)(H,21,22)(H,23,24)/t9-,10-,11-,12+/m1/s1. The summed E-state index contributed by atoms with van der Waals surface area (Å²) in [5.74, 6) is -6.17. The SMILES string of the molecule is O=C(O)[C@H]1OCCOCCO[C@@H](C(=O)O)[C@H](C(=O)O)OCCOCCO[C@H]1C(=O)O. The molecule has 14 nitrogen and oxygen atoms in total. The molecule has 0 aromatic carbocycles. The van der Waals surface area contributed by atoms with Gasteiger partial charge in [0.1, 0.15) is 0 Å². The number of rotatable bonds is 4. The zero-order valence-electron chi connectivity index (χ0n) is 15.8. The second-order valence-electron chi connectivity index (χ2n) is 5.74. The number of aliphatic carboxylic acids is 4. The van der Waals surface area contributed by atoms with Gasteiger partial charge in [-0.05, 0) is 0 Å². The molecule has 14 heteroatoms. The molecular formula is C16H24O14. The van der Waals surface area contributed by atoms with Gasteiger partial charge in [0.2, 0.25) is 0 Å². The predicted molar refractivity (Wildman–Crippen MR) is 91.1 cm³/mol. The highest BCUT2D eigenvalue weighted by atomic mass is 16.6. The fourth-order valence-electron chi connectivity index (χ4n) is 2.29. The van der Waals surface area contributed by atoms with E-state index in [1.165, 1.54) is 0 Å². The van der Waals surface area contributed by atoms with Gasteiger partial charge in [-0.3, -0.25) is 0 Å². The van der Waals surface area contributed by atoms with Gasteiger partial charge in [-0.2, -0.15) is 0 Å². The molecule has 0 aromatic heterocycles. The lowest BCUT2D eigenvalue weighted by Gasteiger charge is -2.23. The molecule has 0 radical (unpaired) electrons. The normalized spacial score (nSPS) is 28.5. The third-order valence-corrected chi connectivity index (χ3v) is 3.62. The zero-order valence-corrected chi connectivity index (χ0v) is 15.8. The van der Waals surface area contributed by atoms with Crippen LogP contribution in [-0.2, 0) is 47.6 Å². The summed E-state index contributed by atoms with van der Waals surface area (Å²) in [5.41, 5.74) is 0. The van der Waals surface area contributed by atoms with E-state index in [0.717, 1.165) is 0 Å². The maximum absolute atomic E-state index is 11.3. The van der Waals surface area contributed by atoms with E-state index in [2.05, 4.69) is 0 Å². The van der Waals surface area contributed by atoms with Crippen LogP contribution in [0.25, 0.3) is 0 Å². The van der Waals surface area contributed by atoms with E-state index in [9.17, 15) is 39.6 Å². The molecular weight excluding hydrogens is 416 g/mol. The van der Waals surface area contributed by atoms with Crippen LogP contribution in [0.15, 0.2) is 0 Å². The summed E-state index contributed by atoms with van der Waals surface area (Å²) in [6.45, 7) is -1.88. The Kier molecular flexibility index (Phi) is 11.8. The monoisotopic (exact) mass is 440 g/mol. The lowest BCUT2D eigenvalue weighted by Crippen LogP contribution is -2.45. The lowest BCUT2D eigenvalue weighted by molar-refractivity contribution is -0.183. The Morgan fingerprint density at radius 3 is 0.800 bits per heavy atom. The van der Waals surface area contributed by atoms with Crippen molar-refractivity contribution < 1.29 is 68.0 Å². The Morgan fingerprint density at radius 1 is 0.433 bits per heavy atom. The van der Waals surface area contributed by atoms with Crippen LogP contribution in [-0.4, -0.2) is 122 Å². The molecule has 30 heavy (non-hydrogen) atoms. The molecule has 1 fully saturated rings. The second kappa shape index (κ2) is 13.8. The topological polar surface area (TPSA) is 205 Å². The molecule has 1 rings (SSSR count). The van der Waals surface area contributed by atoms with E-state index >= 15 is 0 Å². The molecule has 0 spiro atoms. The molecule has 0 aliphatic carbocycles. The molecule has 4 N–H and O–H groups in total. The fourth-order valence-corrected chi connectivity index (χ4v) is 2.29. The van der Waals surface area contributed by atoms with E-state index in [1.807, 2.05) is 0 Å². The second-order valence-corrected chi connectivity index (χ2v) is 5.74. The van der Waals surface area contributed by atoms with Crippen molar-refractivity contribution in [2.45, 2.75) is 24.4 Å². The van der Waals surface area contributed by atoms with E-state index in [-0.39, 0.29) is 52.9 Å². The van der Waals surface area contributed by atoms with Crippen molar-refractivity contribution in [2.75, 3.05) is 52.9 Å². The maximum Gasteiger partial charge on any atom is 0.336 e. The molecule has 1 aliphatic rings. The summed E-state index contributed by atoms with van der Waals surface area (Å²) in [7, 11) is 0. The first-order valence-corrected chi connectivity index (χ1v) is 8.78. The molecule has 0 unspecified atom stereocenters. The van der Waals surface area contributed by atoms with E-state index in [4.69, 9.17) is 28.4 Å². The number of hydrogen-bond acceptors (Lipinski definition) is 10. The first-order valence-electron chi connectivity index (χ1n) is 8.78. The molecule has 1 saturated heterocycles. The summed E-state index contributed by atoms with van der Waals surface area (Å²) in [6.07, 6.45) is -7.18. The van der Waals surface area contributed by atoms with Crippen LogP contribution in [0.2, 0.25) is 0 Å². The minimum Gasteiger partial charge on any atom is -0.479 e. The minimum atomic E-state index is -1.79. The van der Waals surface area contributed by atoms with Gasteiger partial charge in [0, 0.05) is 0 Å². The van der Waals surface area contributed by atoms with Crippen LogP contribution in [0.4, 0.5) is 0 Å². The van der Waals surface area contributed by atoms with Gasteiger partial charge in [0.05, 0.1) is 52.9 Å². The smallest absolute Gasteiger partial charge is 0.336 e. The predicted octanol–water partition coefficient (Wildman–Crippen LogP) is -2.09. The van der Waals surface area contributed by atoms with Crippen molar-refractivity contribution in [1.82, 2.24) is 0 Å². The Bertz CT molecular complexity index is 480. The van der Waals surface area contributed by atoms with Gasteiger partial charge in [0.15, 0.2) is 24.4 Å². The fraction of sp³-hybridized carbons (Fsp3) is 0.750. The van der Waals surface area contributed by atoms with Crippen LogP contribution >= 0.6 is 0 Å². The number of carboxylic acids is 4. The van der Waals surface area contributed by atoms with Crippen molar-refractivity contribution in [3.05, 3.63) is 0 Å². The Hall–Kier alpha value is -2.36. The molecule has 1 aliphatic heterocycles. The van der Waals surface area contributed by atoms with Crippen molar-refractivity contribution in [3.63, 3.8) is 0 Å². The number of ether oxygens (including phenoxy) is 6. The van der Waals surface area contributed by atoms with Crippen LogP contribution in [0.5, 0.6) is 0 Å². The van der Waals surface area contributed by atoms with Gasteiger partial charge >= 0.3 is 23.9 Å². The molecule has 172 valence electrons. The third-order valence-electron chi connectivity index (χ3n) is 3.62. The summed E-state index contributed by atoms with van der Waals surface area (Å²) in [4.78, 5) is 45.2. The highest BCUT2D eigenvalue weighted by molar-refractivity contribution is 5.84. The zero-order chi connectivity index (χ0) is 22.5. The van der Waals surface area contributed by atoms with Gasteiger partial charge in [-0.25, -0.2) is 19.2 Å². The van der Waals surface area contributed by atoms with Crippen LogP contribution < -0.4 is 0 Å². The molecule has 0 amide bonds. The molecule has 0 aromatic rings. The Morgan fingerprint density at radius 2 is 0.633 bits per heavy atom. The summed E-state index contributed by atoms with van der Waals surface area (Å²) in [5, 5.41) is 36.7. The van der Waals surface area contributed by atoms with Gasteiger partial charge in [-0.1, -0.05) is 0 Å². The Balaban J connectivity index is 2.77. The van der Waals surface area contributed by atoms with Gasteiger partial charge < -0.3 is 48.8 Å². The molecule has 0 bridgehead atoms. The van der Waals surface area contributed by atoms with Crippen LogP contribution in [0.1, 0.15) is 0 Å². The van der Waals surface area contributed by atoms with E-state index in [1.54, 1.807) is 0 Å². The van der Waals surface area contributed by atoms with Crippen molar-refractivity contribution >= 4 is 23.9 Å². The Labute approximate surface area is 170 Å². The summed E-state index contributed by atoms with van der Waals surface area (Å²) in [6, 6.07) is 0. The van der Waals surface area contributed by atoms with Gasteiger partial charge in [-0.15, -0.1) is 0 Å². The lowest BCUT2D eigenvalue weighted by atomic mass is 10.2. The van der Waals surface area contributed by atoms with E-state index < -0.39 is 48.3 Å². The average molecular weight is 440 g/mol. The van der Waals surface area contributed by atoms with Crippen LogP contribution in [0, 0.1) is 0 Å². The molecule has 0 saturated carbocycles. The van der Waals surface area contributed by atoms with Crippen molar-refractivity contribution in [3.8, 4) is 0 Å².